The van der Waals surface area contributed by atoms with Gasteiger partial charge in [-0.2, -0.15) is 0 Å². The molecule has 0 spiro atoms. The molecule has 0 amide bonds. The number of benzene rings is 1. The molecule has 1 aliphatic rings. The Hall–Kier alpha value is -1.00. The Balaban J connectivity index is 1.79. The van der Waals surface area contributed by atoms with Crippen LogP contribution >= 0.6 is 0 Å². The molecule has 0 unspecified atom stereocenters. The zero-order valence-electron chi connectivity index (χ0n) is 9.62. The molecule has 1 fully saturated rings. The van der Waals surface area contributed by atoms with Gasteiger partial charge in [-0.25, -0.2) is 8.78 Å². The molecule has 2 rings (SSSR count). The van der Waals surface area contributed by atoms with Gasteiger partial charge >= 0.3 is 0 Å². The molecule has 1 saturated heterocycles. The van der Waals surface area contributed by atoms with Gasteiger partial charge < -0.3 is 9.47 Å². The first-order chi connectivity index (χ1) is 8.25. The molecule has 4 heteroatoms. The Morgan fingerprint density at radius 1 is 1.18 bits per heavy atom. The Bertz CT molecular complexity index is 362. The van der Waals surface area contributed by atoms with E-state index in [4.69, 9.17) is 9.47 Å². The van der Waals surface area contributed by atoms with E-state index in [1.807, 2.05) is 0 Å². The number of hydrogen-bond donors (Lipinski definition) is 0. The highest BCUT2D eigenvalue weighted by Gasteiger charge is 2.14. The third-order valence-corrected chi connectivity index (χ3v) is 2.79. The molecule has 1 aromatic rings. The second-order valence-electron chi connectivity index (χ2n) is 4.15. The predicted octanol–water partition coefficient (Wildman–Crippen LogP) is 3.05. The summed E-state index contributed by atoms with van der Waals surface area (Å²) in [7, 11) is 0. The Labute approximate surface area is 99.5 Å². The van der Waals surface area contributed by atoms with Crippen molar-refractivity contribution in [3.8, 4) is 0 Å². The third kappa shape index (κ3) is 3.75. The van der Waals surface area contributed by atoms with E-state index in [1.54, 1.807) is 0 Å². The normalized spacial score (nSPS) is 17.3. The molecule has 1 aromatic carbocycles. The van der Waals surface area contributed by atoms with Gasteiger partial charge in [0.05, 0.1) is 13.2 Å². The van der Waals surface area contributed by atoms with Gasteiger partial charge in [-0.15, -0.1) is 0 Å². The van der Waals surface area contributed by atoms with E-state index in [0.717, 1.165) is 44.6 Å². The van der Waals surface area contributed by atoms with Crippen molar-refractivity contribution in [2.45, 2.75) is 32.0 Å². The molecule has 0 radical (unpaired) electrons. The van der Waals surface area contributed by atoms with Crippen molar-refractivity contribution in [3.05, 3.63) is 35.4 Å². The summed E-state index contributed by atoms with van der Waals surface area (Å²) >= 11 is 0. The zero-order chi connectivity index (χ0) is 12.1. The minimum Gasteiger partial charge on any atom is -0.353 e. The molecule has 0 aliphatic carbocycles. The van der Waals surface area contributed by atoms with Crippen molar-refractivity contribution in [3.63, 3.8) is 0 Å². The van der Waals surface area contributed by atoms with E-state index in [1.165, 1.54) is 6.07 Å². The highest BCUT2D eigenvalue weighted by molar-refractivity contribution is 5.18. The highest BCUT2D eigenvalue weighted by Crippen LogP contribution is 2.16. The Morgan fingerprint density at radius 3 is 2.71 bits per heavy atom. The van der Waals surface area contributed by atoms with Crippen LogP contribution in [0.1, 0.15) is 24.8 Å². The van der Waals surface area contributed by atoms with Crippen LogP contribution in [0.5, 0.6) is 0 Å². The Morgan fingerprint density at radius 2 is 1.94 bits per heavy atom. The van der Waals surface area contributed by atoms with Gasteiger partial charge in [-0.05, 0) is 49.4 Å². The van der Waals surface area contributed by atoms with Crippen molar-refractivity contribution in [1.29, 1.82) is 0 Å². The lowest BCUT2D eigenvalue weighted by Gasteiger charge is -2.23. The van der Waals surface area contributed by atoms with Crippen LogP contribution < -0.4 is 0 Å². The minimum absolute atomic E-state index is 0.180. The van der Waals surface area contributed by atoms with Crippen LogP contribution in [-0.2, 0) is 15.9 Å². The van der Waals surface area contributed by atoms with Crippen molar-refractivity contribution in [2.75, 3.05) is 13.2 Å². The van der Waals surface area contributed by atoms with Crippen LogP contribution in [0.3, 0.4) is 0 Å². The van der Waals surface area contributed by atoms with Crippen LogP contribution in [0, 0.1) is 11.6 Å². The van der Waals surface area contributed by atoms with Gasteiger partial charge in [0.1, 0.15) is 11.6 Å². The summed E-state index contributed by atoms with van der Waals surface area (Å²) in [4.78, 5) is 0. The molecule has 17 heavy (non-hydrogen) atoms. The van der Waals surface area contributed by atoms with Crippen LogP contribution in [0.4, 0.5) is 8.78 Å². The highest BCUT2D eigenvalue weighted by atomic mass is 19.1. The van der Waals surface area contributed by atoms with E-state index in [9.17, 15) is 8.78 Å². The van der Waals surface area contributed by atoms with Gasteiger partial charge in [-0.1, -0.05) is 0 Å². The Kier molecular flexibility index (Phi) is 4.45. The average Bonchev–Trinajstić information content (AvgIpc) is 2.35. The molecule has 0 saturated carbocycles. The summed E-state index contributed by atoms with van der Waals surface area (Å²) in [5.41, 5.74) is 0.417. The van der Waals surface area contributed by atoms with Crippen molar-refractivity contribution >= 4 is 0 Å². The maximum Gasteiger partial charge on any atom is 0.157 e. The van der Waals surface area contributed by atoms with Crippen molar-refractivity contribution in [2.24, 2.45) is 0 Å². The largest absolute Gasteiger partial charge is 0.353 e. The van der Waals surface area contributed by atoms with Crippen LogP contribution in [0.2, 0.25) is 0 Å². The molecule has 0 aromatic heterocycles. The van der Waals surface area contributed by atoms with E-state index in [0.29, 0.717) is 12.0 Å². The standard InChI is InChI=1S/C13H16F2O2/c14-11-5-6-12(15)10(9-11)3-1-4-13-16-7-2-8-17-13/h5-6,9,13H,1-4,7-8H2. The first kappa shape index (κ1) is 12.5. The molecule has 2 nitrogen and oxygen atoms in total. The first-order valence-corrected chi connectivity index (χ1v) is 5.93. The summed E-state index contributed by atoms with van der Waals surface area (Å²) in [6, 6.07) is 3.54. The number of rotatable bonds is 4. The first-order valence-electron chi connectivity index (χ1n) is 5.93. The summed E-state index contributed by atoms with van der Waals surface area (Å²) in [5.74, 6) is -0.747. The second kappa shape index (κ2) is 6.07. The fraction of sp³-hybridized carbons (Fsp3) is 0.538. The summed E-state index contributed by atoms with van der Waals surface area (Å²) in [5, 5.41) is 0. The topological polar surface area (TPSA) is 18.5 Å². The molecule has 0 bridgehead atoms. The number of ether oxygens (including phenoxy) is 2. The predicted molar refractivity (Wildman–Crippen MR) is 59.6 cm³/mol. The second-order valence-corrected chi connectivity index (χ2v) is 4.15. The lowest BCUT2D eigenvalue weighted by Crippen LogP contribution is -2.24. The molecular weight excluding hydrogens is 226 g/mol. The van der Waals surface area contributed by atoms with E-state index in [-0.39, 0.29) is 12.1 Å². The summed E-state index contributed by atoms with van der Waals surface area (Å²) < 4.78 is 37.0. The number of aryl methyl sites for hydroxylation is 1. The molecule has 94 valence electrons. The maximum absolute atomic E-state index is 13.3. The van der Waals surface area contributed by atoms with Gasteiger partial charge in [-0.3, -0.25) is 0 Å². The molecule has 1 heterocycles. The van der Waals surface area contributed by atoms with Crippen LogP contribution in [0.15, 0.2) is 18.2 Å². The summed E-state index contributed by atoms with van der Waals surface area (Å²) in [6.07, 6.45) is 2.70. The molecule has 1 aliphatic heterocycles. The van der Waals surface area contributed by atoms with Gasteiger partial charge in [0.2, 0.25) is 0 Å². The lowest BCUT2D eigenvalue weighted by atomic mass is 10.1. The third-order valence-electron chi connectivity index (χ3n) is 2.79. The molecule has 0 atom stereocenters. The molecular formula is C13H16F2O2. The fourth-order valence-corrected chi connectivity index (χ4v) is 1.90. The van der Waals surface area contributed by atoms with E-state index >= 15 is 0 Å². The van der Waals surface area contributed by atoms with Gasteiger partial charge in [0, 0.05) is 0 Å². The average molecular weight is 242 g/mol. The summed E-state index contributed by atoms with van der Waals surface area (Å²) in [6.45, 7) is 1.44. The maximum atomic E-state index is 13.3. The van der Waals surface area contributed by atoms with Crippen molar-refractivity contribution in [1.82, 2.24) is 0 Å². The van der Waals surface area contributed by atoms with Crippen molar-refractivity contribution < 1.29 is 18.3 Å². The van der Waals surface area contributed by atoms with Gasteiger partial charge in [0.15, 0.2) is 6.29 Å². The smallest absolute Gasteiger partial charge is 0.157 e. The fourth-order valence-electron chi connectivity index (χ4n) is 1.90. The SMILES string of the molecule is Fc1ccc(F)c(CCCC2OCCCO2)c1. The minimum atomic E-state index is -0.397. The molecule has 0 N–H and O–H groups in total. The van der Waals surface area contributed by atoms with E-state index < -0.39 is 5.82 Å². The van der Waals surface area contributed by atoms with E-state index in [2.05, 4.69) is 0 Å². The zero-order valence-corrected chi connectivity index (χ0v) is 9.62. The van der Waals surface area contributed by atoms with Gasteiger partial charge in [0.25, 0.3) is 0 Å². The lowest BCUT2D eigenvalue weighted by molar-refractivity contribution is -0.181. The quantitative estimate of drug-likeness (QED) is 0.808. The van der Waals surface area contributed by atoms with Crippen LogP contribution in [-0.4, -0.2) is 19.5 Å². The number of hydrogen-bond acceptors (Lipinski definition) is 2. The van der Waals surface area contributed by atoms with Crippen LogP contribution in [0.25, 0.3) is 0 Å². The monoisotopic (exact) mass is 242 g/mol. The number of halogens is 2.